The summed E-state index contributed by atoms with van der Waals surface area (Å²) in [5, 5.41) is 10.4. The van der Waals surface area contributed by atoms with E-state index in [9.17, 15) is 18.0 Å². The normalized spacial score (nSPS) is 15.3. The smallest absolute Gasteiger partial charge is 0.325 e. The van der Waals surface area contributed by atoms with Crippen molar-refractivity contribution in [2.24, 2.45) is 0 Å². The number of carbonyl (C=O) groups is 1. The number of nitrogens with one attached hydrogen (secondary N) is 1. The lowest BCUT2D eigenvalue weighted by Gasteiger charge is -2.14. The first-order valence-corrected chi connectivity index (χ1v) is 9.84. The Hall–Kier alpha value is -2.00. The maximum Gasteiger partial charge on any atom is 0.417 e. The molecule has 1 fully saturated rings. The van der Waals surface area contributed by atoms with E-state index in [4.69, 9.17) is 11.6 Å². The Morgan fingerprint density at radius 2 is 2.18 bits per heavy atom. The van der Waals surface area contributed by atoms with Gasteiger partial charge < -0.3 is 9.88 Å². The van der Waals surface area contributed by atoms with Crippen LogP contribution in [-0.4, -0.2) is 25.9 Å². The number of amides is 1. The summed E-state index contributed by atoms with van der Waals surface area (Å²) in [6.45, 7) is 5.92. The van der Waals surface area contributed by atoms with Gasteiger partial charge in [0.15, 0.2) is 5.16 Å². The predicted molar refractivity (Wildman–Crippen MR) is 103 cm³/mol. The molecule has 10 heteroatoms. The molecule has 1 aromatic carbocycles. The minimum atomic E-state index is -4.60. The number of anilines is 1. The van der Waals surface area contributed by atoms with Gasteiger partial charge in [-0.15, -0.1) is 16.8 Å². The topological polar surface area (TPSA) is 59.8 Å². The first-order valence-electron chi connectivity index (χ1n) is 8.59. The third-order valence-electron chi connectivity index (χ3n) is 4.19. The summed E-state index contributed by atoms with van der Waals surface area (Å²) in [5.74, 6) is 0.824. The number of rotatable bonds is 7. The second kappa shape index (κ2) is 8.16. The molecule has 28 heavy (non-hydrogen) atoms. The fourth-order valence-corrected chi connectivity index (χ4v) is 3.70. The van der Waals surface area contributed by atoms with Gasteiger partial charge in [0.05, 0.1) is 15.8 Å². The average Bonchev–Trinajstić information content (AvgIpc) is 3.39. The molecule has 1 aliphatic rings. The van der Waals surface area contributed by atoms with Gasteiger partial charge in [-0.3, -0.25) is 4.79 Å². The van der Waals surface area contributed by atoms with Crippen molar-refractivity contribution >= 4 is 35.0 Å². The van der Waals surface area contributed by atoms with E-state index < -0.39 is 27.9 Å². The molecule has 0 saturated heterocycles. The first kappa shape index (κ1) is 20.7. The van der Waals surface area contributed by atoms with Gasteiger partial charge in [-0.1, -0.05) is 29.4 Å². The van der Waals surface area contributed by atoms with Gasteiger partial charge in [0, 0.05) is 18.2 Å². The van der Waals surface area contributed by atoms with Gasteiger partial charge >= 0.3 is 6.18 Å². The van der Waals surface area contributed by atoms with Crippen molar-refractivity contribution in [1.29, 1.82) is 0 Å². The molecule has 1 aliphatic carbocycles. The molecule has 0 spiro atoms. The second-order valence-corrected chi connectivity index (χ2v) is 8.17. The van der Waals surface area contributed by atoms with Crippen LogP contribution in [0.2, 0.25) is 5.02 Å². The number of thioether (sulfide) groups is 1. The number of carbonyl (C=O) groups excluding carboxylic acids is 1. The van der Waals surface area contributed by atoms with Crippen molar-refractivity contribution in [3.63, 3.8) is 0 Å². The minimum absolute atomic E-state index is 0.0282. The number of halogens is 4. The Morgan fingerprint density at radius 3 is 2.79 bits per heavy atom. The average molecular weight is 431 g/mol. The molecule has 1 unspecified atom stereocenters. The van der Waals surface area contributed by atoms with Crippen LogP contribution in [-0.2, 0) is 17.5 Å². The lowest BCUT2D eigenvalue weighted by atomic mass is 10.2. The van der Waals surface area contributed by atoms with E-state index in [0.29, 0.717) is 17.6 Å². The van der Waals surface area contributed by atoms with Crippen LogP contribution in [0.15, 0.2) is 36.0 Å². The second-order valence-electron chi connectivity index (χ2n) is 6.46. The number of hydrogen-bond donors (Lipinski definition) is 1. The monoisotopic (exact) mass is 430 g/mol. The van der Waals surface area contributed by atoms with Crippen LogP contribution in [0.3, 0.4) is 0 Å². The zero-order chi connectivity index (χ0) is 20.5. The van der Waals surface area contributed by atoms with Crippen LogP contribution in [0.25, 0.3) is 0 Å². The zero-order valence-corrected chi connectivity index (χ0v) is 16.5. The molecule has 1 saturated carbocycles. The minimum Gasteiger partial charge on any atom is -0.325 e. The van der Waals surface area contributed by atoms with Gasteiger partial charge in [-0.2, -0.15) is 13.2 Å². The summed E-state index contributed by atoms with van der Waals surface area (Å²) < 4.78 is 40.8. The Morgan fingerprint density at radius 1 is 1.46 bits per heavy atom. The van der Waals surface area contributed by atoms with Crippen molar-refractivity contribution in [2.75, 3.05) is 5.32 Å². The van der Waals surface area contributed by atoms with Crippen molar-refractivity contribution in [3.05, 3.63) is 47.3 Å². The van der Waals surface area contributed by atoms with E-state index in [2.05, 4.69) is 22.1 Å². The molecule has 150 valence electrons. The molecule has 3 rings (SSSR count). The summed E-state index contributed by atoms with van der Waals surface area (Å²) in [5.41, 5.74) is -0.965. The lowest BCUT2D eigenvalue weighted by Crippen LogP contribution is -2.23. The Balaban J connectivity index is 1.71. The molecule has 0 aliphatic heterocycles. The third kappa shape index (κ3) is 4.70. The van der Waals surface area contributed by atoms with Crippen molar-refractivity contribution in [3.8, 4) is 0 Å². The summed E-state index contributed by atoms with van der Waals surface area (Å²) in [4.78, 5) is 12.5. The van der Waals surface area contributed by atoms with Crippen LogP contribution in [0.1, 0.15) is 37.1 Å². The van der Waals surface area contributed by atoms with Crippen molar-refractivity contribution in [1.82, 2.24) is 14.8 Å². The molecule has 1 heterocycles. The molecular weight excluding hydrogens is 413 g/mol. The summed E-state index contributed by atoms with van der Waals surface area (Å²) in [7, 11) is 0. The van der Waals surface area contributed by atoms with E-state index in [-0.39, 0.29) is 5.69 Å². The van der Waals surface area contributed by atoms with Gasteiger partial charge in [-0.25, -0.2) is 0 Å². The fraction of sp³-hybridized carbons (Fsp3) is 0.389. The Bertz CT molecular complexity index is 895. The van der Waals surface area contributed by atoms with Crippen LogP contribution < -0.4 is 5.32 Å². The SMILES string of the molecule is C=CCn1c(SC(C)C(=O)Nc2ccc(Cl)c(C(F)(F)F)c2)nnc1C1CC1. The maximum absolute atomic E-state index is 13.0. The van der Waals surface area contributed by atoms with E-state index in [1.54, 1.807) is 13.0 Å². The van der Waals surface area contributed by atoms with Crippen LogP contribution >= 0.6 is 23.4 Å². The third-order valence-corrected chi connectivity index (χ3v) is 5.60. The van der Waals surface area contributed by atoms with Gasteiger partial charge in [-0.05, 0) is 38.0 Å². The fourth-order valence-electron chi connectivity index (χ4n) is 2.61. The summed E-state index contributed by atoms with van der Waals surface area (Å²) in [6, 6.07) is 3.27. The van der Waals surface area contributed by atoms with Crippen LogP contribution in [0.5, 0.6) is 0 Å². The number of benzene rings is 1. The highest BCUT2D eigenvalue weighted by molar-refractivity contribution is 8.00. The lowest BCUT2D eigenvalue weighted by molar-refractivity contribution is -0.137. The number of allylic oxidation sites excluding steroid dienone is 1. The molecule has 0 radical (unpaired) electrons. The molecule has 1 amide bonds. The standard InChI is InChI=1S/C18H18ClF3N4OS/c1-3-8-26-15(11-4-5-11)24-25-17(26)28-10(2)16(27)23-12-6-7-14(19)13(9-12)18(20,21)22/h3,6-7,9-11H,1,4-5,8H2,2H3,(H,23,27). The molecule has 2 aromatic rings. The first-order chi connectivity index (χ1) is 13.2. The van der Waals surface area contributed by atoms with Crippen LogP contribution in [0, 0.1) is 0 Å². The number of hydrogen-bond acceptors (Lipinski definition) is 4. The number of nitrogens with zero attached hydrogens (tertiary/aromatic N) is 3. The van der Waals surface area contributed by atoms with E-state index in [1.807, 2.05) is 4.57 Å². The molecule has 1 aromatic heterocycles. The van der Waals surface area contributed by atoms with E-state index in [1.165, 1.54) is 17.8 Å². The largest absolute Gasteiger partial charge is 0.417 e. The van der Waals surface area contributed by atoms with Gasteiger partial charge in [0.2, 0.25) is 5.91 Å². The highest BCUT2D eigenvalue weighted by Crippen LogP contribution is 2.40. The summed E-state index contributed by atoms with van der Waals surface area (Å²) >= 11 is 6.80. The quantitative estimate of drug-likeness (QED) is 0.488. The highest BCUT2D eigenvalue weighted by Gasteiger charge is 2.34. The summed E-state index contributed by atoms with van der Waals surface area (Å²) in [6.07, 6.45) is -0.739. The van der Waals surface area contributed by atoms with E-state index >= 15 is 0 Å². The van der Waals surface area contributed by atoms with Gasteiger partial charge in [0.1, 0.15) is 5.82 Å². The van der Waals surface area contributed by atoms with Gasteiger partial charge in [0.25, 0.3) is 0 Å². The van der Waals surface area contributed by atoms with Crippen LogP contribution in [0.4, 0.5) is 18.9 Å². The number of aromatic nitrogens is 3. The molecular formula is C18H18ClF3N4OS. The molecule has 1 atom stereocenters. The highest BCUT2D eigenvalue weighted by atomic mass is 35.5. The van der Waals surface area contributed by atoms with Crippen molar-refractivity contribution < 1.29 is 18.0 Å². The Kier molecular flexibility index (Phi) is 6.04. The molecule has 0 bridgehead atoms. The molecule has 1 N–H and O–H groups in total. The number of alkyl halides is 3. The predicted octanol–water partition coefficient (Wildman–Crippen LogP) is 5.13. The van der Waals surface area contributed by atoms with Crippen molar-refractivity contribution in [2.45, 2.75) is 48.8 Å². The zero-order valence-electron chi connectivity index (χ0n) is 15.0. The maximum atomic E-state index is 13.0. The Labute approximate surface area is 169 Å². The molecule has 5 nitrogen and oxygen atoms in total. The van der Waals surface area contributed by atoms with E-state index in [0.717, 1.165) is 30.8 Å².